The molecule has 0 radical (unpaired) electrons. The van der Waals surface area contributed by atoms with Crippen LogP contribution < -0.4 is 10.1 Å². The Morgan fingerprint density at radius 1 is 1.47 bits per heavy atom. The Hall–Kier alpha value is -1.33. The van der Waals surface area contributed by atoms with Gasteiger partial charge in [-0.15, -0.1) is 0 Å². The second-order valence-corrected chi connectivity index (χ2v) is 4.13. The number of anilines is 1. The Balaban J connectivity index is 2.71. The maximum Gasteiger partial charge on any atom is 0.247 e. The van der Waals surface area contributed by atoms with Gasteiger partial charge in [0, 0.05) is 23.3 Å². The molecule has 0 saturated heterocycles. The molecule has 0 aliphatic rings. The van der Waals surface area contributed by atoms with Gasteiger partial charge < -0.3 is 14.8 Å². The van der Waals surface area contributed by atoms with Crippen LogP contribution in [0.25, 0.3) is 0 Å². The van der Waals surface area contributed by atoms with Gasteiger partial charge in [-0.05, 0) is 18.2 Å². The summed E-state index contributed by atoms with van der Waals surface area (Å²) in [5, 5.41) is 2.66. The molecule has 1 aromatic rings. The molecule has 5 heteroatoms. The average Bonchev–Trinajstić information content (AvgIpc) is 2.28. The molecule has 0 bridgehead atoms. The van der Waals surface area contributed by atoms with E-state index in [1.165, 1.54) is 6.08 Å². The highest BCUT2D eigenvalue weighted by molar-refractivity contribution is 9.10. The van der Waals surface area contributed by atoms with Gasteiger partial charge in [0.25, 0.3) is 0 Å². The van der Waals surface area contributed by atoms with Gasteiger partial charge in [0.1, 0.15) is 12.4 Å². The minimum absolute atomic E-state index is 0.258. The van der Waals surface area contributed by atoms with Crippen molar-refractivity contribution in [3.8, 4) is 5.75 Å². The number of methoxy groups -OCH3 is 1. The Morgan fingerprint density at radius 2 is 2.24 bits per heavy atom. The molecule has 0 spiro atoms. The fraction of sp³-hybridized carbons (Fsp3) is 0.250. The third-order valence-electron chi connectivity index (χ3n) is 1.88. The zero-order valence-corrected chi connectivity index (χ0v) is 11.1. The third-order valence-corrected chi connectivity index (χ3v) is 2.34. The normalized spacial score (nSPS) is 9.76. The van der Waals surface area contributed by atoms with Gasteiger partial charge in [0.05, 0.1) is 6.61 Å². The first-order valence-electron chi connectivity index (χ1n) is 5.01. The first kappa shape index (κ1) is 13.7. The summed E-state index contributed by atoms with van der Waals surface area (Å²) < 4.78 is 11.2. The van der Waals surface area contributed by atoms with Crippen LogP contribution in [0.4, 0.5) is 5.69 Å². The maximum atomic E-state index is 11.2. The van der Waals surface area contributed by atoms with Crippen molar-refractivity contribution >= 4 is 27.5 Å². The number of carbonyl (C=O) groups excluding carboxylic acids is 1. The highest BCUT2D eigenvalue weighted by Crippen LogP contribution is 2.24. The molecule has 0 atom stereocenters. The molecule has 0 unspecified atom stereocenters. The van der Waals surface area contributed by atoms with Gasteiger partial charge >= 0.3 is 0 Å². The molecule has 1 aromatic carbocycles. The van der Waals surface area contributed by atoms with Crippen LogP contribution in [0.5, 0.6) is 5.75 Å². The first-order valence-corrected chi connectivity index (χ1v) is 5.80. The zero-order chi connectivity index (χ0) is 12.7. The van der Waals surface area contributed by atoms with Crippen molar-refractivity contribution in [1.29, 1.82) is 0 Å². The second-order valence-electron chi connectivity index (χ2n) is 3.21. The van der Waals surface area contributed by atoms with Gasteiger partial charge in [0.2, 0.25) is 5.91 Å². The number of hydrogen-bond donors (Lipinski definition) is 1. The SMILES string of the molecule is C=CC(=O)Nc1cc(Br)cc(OCCOC)c1. The van der Waals surface area contributed by atoms with Crippen molar-refractivity contribution in [3.63, 3.8) is 0 Å². The van der Waals surface area contributed by atoms with Crippen molar-refractivity contribution < 1.29 is 14.3 Å². The lowest BCUT2D eigenvalue weighted by Crippen LogP contribution is -2.08. The molecule has 0 aliphatic carbocycles. The topological polar surface area (TPSA) is 47.6 Å². The van der Waals surface area contributed by atoms with E-state index >= 15 is 0 Å². The van der Waals surface area contributed by atoms with E-state index in [2.05, 4.69) is 27.8 Å². The van der Waals surface area contributed by atoms with Gasteiger partial charge in [-0.1, -0.05) is 22.5 Å². The van der Waals surface area contributed by atoms with Crippen molar-refractivity contribution in [3.05, 3.63) is 35.3 Å². The quantitative estimate of drug-likeness (QED) is 0.649. The number of ether oxygens (including phenoxy) is 2. The number of hydrogen-bond acceptors (Lipinski definition) is 3. The highest BCUT2D eigenvalue weighted by atomic mass is 79.9. The van der Waals surface area contributed by atoms with Gasteiger partial charge in [-0.2, -0.15) is 0 Å². The maximum absolute atomic E-state index is 11.2. The lowest BCUT2D eigenvalue weighted by molar-refractivity contribution is -0.111. The van der Waals surface area contributed by atoms with E-state index in [-0.39, 0.29) is 5.91 Å². The molecule has 0 aliphatic heterocycles. The fourth-order valence-corrected chi connectivity index (χ4v) is 1.63. The Kier molecular flexibility index (Phi) is 5.72. The van der Waals surface area contributed by atoms with Gasteiger partial charge in [-0.3, -0.25) is 4.79 Å². The summed E-state index contributed by atoms with van der Waals surface area (Å²) in [5.41, 5.74) is 0.650. The molecule has 0 fully saturated rings. The molecule has 1 amide bonds. The van der Waals surface area contributed by atoms with E-state index in [9.17, 15) is 4.79 Å². The molecule has 0 aromatic heterocycles. The summed E-state index contributed by atoms with van der Waals surface area (Å²) in [5.74, 6) is 0.404. The van der Waals surface area contributed by atoms with E-state index in [4.69, 9.17) is 9.47 Å². The van der Waals surface area contributed by atoms with E-state index < -0.39 is 0 Å². The summed E-state index contributed by atoms with van der Waals surface area (Å²) in [6.07, 6.45) is 1.21. The van der Waals surface area contributed by atoms with Crippen molar-refractivity contribution in [2.45, 2.75) is 0 Å². The number of amides is 1. The predicted molar refractivity (Wildman–Crippen MR) is 70.3 cm³/mol. The van der Waals surface area contributed by atoms with Crippen LogP contribution in [0, 0.1) is 0 Å². The minimum atomic E-state index is -0.258. The monoisotopic (exact) mass is 299 g/mol. The molecular formula is C12H14BrNO3. The lowest BCUT2D eigenvalue weighted by atomic mass is 10.3. The Labute approximate surface area is 109 Å². The van der Waals surface area contributed by atoms with Crippen LogP contribution >= 0.6 is 15.9 Å². The van der Waals surface area contributed by atoms with E-state index in [1.54, 1.807) is 19.2 Å². The van der Waals surface area contributed by atoms with Crippen LogP contribution in [0.3, 0.4) is 0 Å². The van der Waals surface area contributed by atoms with Crippen LogP contribution in [0.15, 0.2) is 35.3 Å². The fourth-order valence-electron chi connectivity index (χ4n) is 1.15. The number of benzene rings is 1. The largest absolute Gasteiger partial charge is 0.491 e. The predicted octanol–water partition coefficient (Wildman–Crippen LogP) is 2.60. The molecule has 1 rings (SSSR count). The van der Waals surface area contributed by atoms with E-state index in [1.807, 2.05) is 6.07 Å². The van der Waals surface area contributed by atoms with Crippen LogP contribution in [-0.4, -0.2) is 26.2 Å². The van der Waals surface area contributed by atoms with Crippen molar-refractivity contribution in [2.75, 3.05) is 25.6 Å². The van der Waals surface area contributed by atoms with Crippen LogP contribution in [0.2, 0.25) is 0 Å². The molecule has 0 heterocycles. The Morgan fingerprint density at radius 3 is 2.88 bits per heavy atom. The van der Waals surface area contributed by atoms with Gasteiger partial charge in [0.15, 0.2) is 0 Å². The first-order chi connectivity index (χ1) is 8.15. The molecule has 0 saturated carbocycles. The summed E-state index contributed by atoms with van der Waals surface area (Å²) in [6.45, 7) is 4.37. The lowest BCUT2D eigenvalue weighted by Gasteiger charge is -2.09. The molecular weight excluding hydrogens is 286 g/mol. The van der Waals surface area contributed by atoms with Crippen molar-refractivity contribution in [1.82, 2.24) is 0 Å². The van der Waals surface area contributed by atoms with Gasteiger partial charge in [-0.25, -0.2) is 0 Å². The number of nitrogens with one attached hydrogen (secondary N) is 1. The smallest absolute Gasteiger partial charge is 0.247 e. The average molecular weight is 300 g/mol. The standard InChI is InChI=1S/C12H14BrNO3/c1-3-12(15)14-10-6-9(13)7-11(8-10)17-5-4-16-2/h3,6-8H,1,4-5H2,2H3,(H,14,15). The van der Waals surface area contributed by atoms with Crippen molar-refractivity contribution in [2.24, 2.45) is 0 Å². The van der Waals surface area contributed by atoms with Crippen LogP contribution in [-0.2, 0) is 9.53 Å². The minimum Gasteiger partial charge on any atom is -0.491 e. The summed E-state index contributed by atoms with van der Waals surface area (Å²) >= 11 is 3.35. The third kappa shape index (κ3) is 5.01. The number of rotatable bonds is 6. The summed E-state index contributed by atoms with van der Waals surface area (Å²) in [6, 6.07) is 5.34. The number of halogens is 1. The molecule has 92 valence electrons. The Bertz CT molecular complexity index is 407. The second kappa shape index (κ2) is 7.09. The van der Waals surface area contributed by atoms with E-state index in [0.717, 1.165) is 4.47 Å². The van der Waals surface area contributed by atoms with Crippen LogP contribution in [0.1, 0.15) is 0 Å². The van der Waals surface area contributed by atoms with E-state index in [0.29, 0.717) is 24.7 Å². The molecule has 1 N–H and O–H groups in total. The number of carbonyl (C=O) groups is 1. The molecule has 17 heavy (non-hydrogen) atoms. The zero-order valence-electron chi connectivity index (χ0n) is 9.53. The highest BCUT2D eigenvalue weighted by Gasteiger charge is 2.02. The molecule has 4 nitrogen and oxygen atoms in total. The summed E-state index contributed by atoms with van der Waals surface area (Å²) in [7, 11) is 1.61. The summed E-state index contributed by atoms with van der Waals surface area (Å²) in [4.78, 5) is 11.2.